The van der Waals surface area contributed by atoms with Crippen LogP contribution in [0.25, 0.3) is 0 Å². The lowest BCUT2D eigenvalue weighted by molar-refractivity contribution is -0.142. The highest BCUT2D eigenvalue weighted by atomic mass is 19.1. The zero-order valence-corrected chi connectivity index (χ0v) is 11.0. The molecule has 0 aromatic heterocycles. The van der Waals surface area contributed by atoms with Crippen LogP contribution in [-0.2, 0) is 11.3 Å². The minimum Gasteiger partial charge on any atom is -0.379 e. The molecule has 0 saturated carbocycles. The van der Waals surface area contributed by atoms with Crippen LogP contribution in [0.3, 0.4) is 0 Å². The molecule has 1 aromatic carbocycles. The number of β-amino-alcohol motifs (C(OH)–C–C–N with tert-alkyl or cyclic N) is 1. The number of amides is 1. The Bertz CT molecular complexity index is 570. The third-order valence-corrected chi connectivity index (χ3v) is 3.59. The van der Waals surface area contributed by atoms with Crippen molar-refractivity contribution < 1.29 is 14.3 Å². The van der Waals surface area contributed by atoms with Crippen LogP contribution in [0.5, 0.6) is 0 Å². The predicted molar refractivity (Wildman–Crippen MR) is 69.8 cm³/mol. The highest BCUT2D eigenvalue weighted by Gasteiger charge is 2.38. The van der Waals surface area contributed by atoms with Gasteiger partial charge in [-0.15, -0.1) is 0 Å². The third kappa shape index (κ3) is 2.95. The van der Waals surface area contributed by atoms with E-state index < -0.39 is 17.3 Å². The molecule has 5 nitrogen and oxygen atoms in total. The van der Waals surface area contributed by atoms with E-state index in [9.17, 15) is 14.3 Å². The first-order chi connectivity index (χ1) is 9.44. The molecule has 0 radical (unpaired) electrons. The van der Waals surface area contributed by atoms with Crippen molar-refractivity contribution in [3.63, 3.8) is 0 Å². The third-order valence-electron chi connectivity index (χ3n) is 3.59. The van der Waals surface area contributed by atoms with Gasteiger partial charge in [-0.1, -0.05) is 6.07 Å². The van der Waals surface area contributed by atoms with Gasteiger partial charge < -0.3 is 10.8 Å². The number of aliphatic hydroxyl groups is 1. The molecule has 0 unspecified atom stereocenters. The fourth-order valence-corrected chi connectivity index (χ4v) is 2.49. The Morgan fingerprint density at radius 3 is 3.00 bits per heavy atom. The number of halogens is 1. The minimum atomic E-state index is -1.52. The largest absolute Gasteiger partial charge is 0.379 e. The van der Waals surface area contributed by atoms with Gasteiger partial charge in [0.05, 0.1) is 11.6 Å². The normalized spacial score (nSPS) is 23.2. The van der Waals surface area contributed by atoms with Crippen molar-refractivity contribution in [3.8, 4) is 6.07 Å². The quantitative estimate of drug-likeness (QED) is 0.842. The molecule has 1 fully saturated rings. The molecular weight excluding hydrogens is 261 g/mol. The smallest absolute Gasteiger partial charge is 0.250 e. The Hall–Kier alpha value is -1.97. The molecule has 1 heterocycles. The Morgan fingerprint density at radius 2 is 2.35 bits per heavy atom. The lowest BCUT2D eigenvalue weighted by Gasteiger charge is -2.37. The summed E-state index contributed by atoms with van der Waals surface area (Å²) < 4.78 is 13.1. The first-order valence-electron chi connectivity index (χ1n) is 6.38. The van der Waals surface area contributed by atoms with E-state index in [1.807, 2.05) is 11.0 Å². The van der Waals surface area contributed by atoms with E-state index in [1.165, 1.54) is 12.1 Å². The molecule has 0 aliphatic carbocycles. The molecule has 0 bridgehead atoms. The number of benzene rings is 1. The van der Waals surface area contributed by atoms with Crippen molar-refractivity contribution in [2.75, 3.05) is 13.1 Å². The lowest BCUT2D eigenvalue weighted by atomic mass is 9.91. The summed E-state index contributed by atoms with van der Waals surface area (Å²) in [7, 11) is 0. The first kappa shape index (κ1) is 14.4. The maximum atomic E-state index is 13.1. The summed E-state index contributed by atoms with van der Waals surface area (Å²) >= 11 is 0. The number of carbonyl (C=O) groups is 1. The molecule has 2 rings (SSSR count). The number of rotatable bonds is 3. The molecule has 3 N–H and O–H groups in total. The molecule has 1 aromatic rings. The van der Waals surface area contributed by atoms with Gasteiger partial charge in [0.1, 0.15) is 5.82 Å². The molecule has 1 aliphatic heterocycles. The molecule has 20 heavy (non-hydrogen) atoms. The number of carbonyl (C=O) groups excluding carboxylic acids is 1. The fraction of sp³-hybridized carbons (Fsp3) is 0.429. The maximum absolute atomic E-state index is 13.1. The number of hydrogen-bond donors (Lipinski definition) is 2. The molecule has 0 spiro atoms. The van der Waals surface area contributed by atoms with Crippen LogP contribution in [0.1, 0.15) is 24.0 Å². The fourth-order valence-electron chi connectivity index (χ4n) is 2.49. The molecule has 6 heteroatoms. The van der Waals surface area contributed by atoms with Crippen molar-refractivity contribution in [3.05, 3.63) is 35.1 Å². The number of primary amides is 1. The topological polar surface area (TPSA) is 90.3 Å². The highest BCUT2D eigenvalue weighted by Crippen LogP contribution is 2.23. The summed E-state index contributed by atoms with van der Waals surface area (Å²) in [5.41, 5.74) is 4.62. The molecule has 1 saturated heterocycles. The lowest BCUT2D eigenvalue weighted by Crippen LogP contribution is -2.55. The summed E-state index contributed by atoms with van der Waals surface area (Å²) in [6.45, 7) is 1.20. The second-order valence-corrected chi connectivity index (χ2v) is 5.12. The summed E-state index contributed by atoms with van der Waals surface area (Å²) in [4.78, 5) is 13.1. The van der Waals surface area contributed by atoms with Gasteiger partial charge in [0.15, 0.2) is 5.60 Å². The van der Waals surface area contributed by atoms with Crippen LogP contribution in [0.15, 0.2) is 18.2 Å². The van der Waals surface area contributed by atoms with E-state index in [0.717, 1.165) is 0 Å². The van der Waals surface area contributed by atoms with Crippen molar-refractivity contribution in [1.82, 2.24) is 4.90 Å². The van der Waals surface area contributed by atoms with E-state index in [2.05, 4.69) is 0 Å². The summed E-state index contributed by atoms with van der Waals surface area (Å²) in [5.74, 6) is -1.20. The SMILES string of the molecule is N#Cc1cc(F)ccc1CN1CCC[C@@](O)(C(N)=O)C1. The van der Waals surface area contributed by atoms with Gasteiger partial charge >= 0.3 is 0 Å². The zero-order valence-electron chi connectivity index (χ0n) is 11.0. The number of hydrogen-bond acceptors (Lipinski definition) is 4. The number of nitriles is 1. The second-order valence-electron chi connectivity index (χ2n) is 5.12. The summed E-state index contributed by atoms with van der Waals surface area (Å²) in [5, 5.41) is 19.1. The molecule has 1 amide bonds. The van der Waals surface area contributed by atoms with Gasteiger partial charge in [-0.2, -0.15) is 5.26 Å². The van der Waals surface area contributed by atoms with Crippen molar-refractivity contribution in [1.29, 1.82) is 5.26 Å². The molecular formula is C14H16FN3O2. The Kier molecular flexibility index (Phi) is 4.02. The van der Waals surface area contributed by atoms with E-state index >= 15 is 0 Å². The van der Waals surface area contributed by atoms with Crippen molar-refractivity contribution in [2.24, 2.45) is 5.73 Å². The predicted octanol–water partition coefficient (Wildman–Crippen LogP) is 0.510. The Labute approximate surface area is 116 Å². The Balaban J connectivity index is 2.15. The average molecular weight is 277 g/mol. The Morgan fingerprint density at radius 1 is 1.60 bits per heavy atom. The number of nitrogens with zero attached hydrogens (tertiary/aromatic N) is 2. The second kappa shape index (κ2) is 5.57. The minimum absolute atomic E-state index is 0.130. The van der Waals surface area contributed by atoms with Gasteiger partial charge in [-0.05, 0) is 37.1 Å². The molecule has 1 aliphatic rings. The van der Waals surface area contributed by atoms with Crippen LogP contribution >= 0.6 is 0 Å². The standard InChI is InChI=1S/C14H16FN3O2/c15-12-3-2-10(11(6-12)7-16)8-18-5-1-4-14(20,9-18)13(17)19/h2-3,6,20H,1,4-5,8-9H2,(H2,17,19)/t14-/m0/s1. The number of piperidine rings is 1. The van der Waals surface area contributed by atoms with E-state index in [1.54, 1.807) is 6.07 Å². The van der Waals surface area contributed by atoms with Crippen molar-refractivity contribution >= 4 is 5.91 Å². The van der Waals surface area contributed by atoms with Crippen LogP contribution in [0, 0.1) is 17.1 Å². The van der Waals surface area contributed by atoms with E-state index in [-0.39, 0.29) is 12.1 Å². The van der Waals surface area contributed by atoms with E-state index in [4.69, 9.17) is 11.0 Å². The van der Waals surface area contributed by atoms with Crippen LogP contribution < -0.4 is 5.73 Å². The first-order valence-corrected chi connectivity index (χ1v) is 6.38. The molecule has 1 atom stereocenters. The maximum Gasteiger partial charge on any atom is 0.250 e. The van der Waals surface area contributed by atoms with E-state index in [0.29, 0.717) is 31.5 Å². The molecule has 106 valence electrons. The van der Waals surface area contributed by atoms with Gasteiger partial charge in [0.2, 0.25) is 0 Å². The van der Waals surface area contributed by atoms with Gasteiger partial charge in [0.25, 0.3) is 5.91 Å². The van der Waals surface area contributed by atoms with Crippen LogP contribution in [0.2, 0.25) is 0 Å². The van der Waals surface area contributed by atoms with Crippen molar-refractivity contribution in [2.45, 2.75) is 25.0 Å². The number of nitrogens with two attached hydrogens (primary N) is 1. The van der Waals surface area contributed by atoms with Gasteiger partial charge in [-0.25, -0.2) is 4.39 Å². The van der Waals surface area contributed by atoms with Crippen LogP contribution in [-0.4, -0.2) is 34.6 Å². The summed E-state index contributed by atoms with van der Waals surface area (Å²) in [6.07, 6.45) is 0.982. The highest BCUT2D eigenvalue weighted by molar-refractivity contribution is 5.83. The average Bonchev–Trinajstić information content (AvgIpc) is 2.41. The van der Waals surface area contributed by atoms with Gasteiger partial charge in [0, 0.05) is 13.1 Å². The number of likely N-dealkylation sites (tertiary alicyclic amines) is 1. The van der Waals surface area contributed by atoms with Gasteiger partial charge in [-0.3, -0.25) is 9.69 Å². The summed E-state index contributed by atoms with van der Waals surface area (Å²) in [6, 6.07) is 5.97. The van der Waals surface area contributed by atoms with Crippen LogP contribution in [0.4, 0.5) is 4.39 Å². The zero-order chi connectivity index (χ0) is 14.8. The monoisotopic (exact) mass is 277 g/mol.